The number of rotatable bonds is 9. The van der Waals surface area contributed by atoms with Crippen LogP contribution in [0.4, 0.5) is 17.6 Å². The van der Waals surface area contributed by atoms with Gasteiger partial charge in [0, 0.05) is 23.8 Å². The highest BCUT2D eigenvalue weighted by Crippen LogP contribution is 2.16. The summed E-state index contributed by atoms with van der Waals surface area (Å²) >= 11 is 5.87. The molecule has 0 saturated carbocycles. The lowest BCUT2D eigenvalue weighted by Gasteiger charge is -2.12. The van der Waals surface area contributed by atoms with Crippen molar-refractivity contribution in [1.29, 1.82) is 0 Å². The maximum atomic E-state index is 5.87. The molecule has 0 aliphatic rings. The van der Waals surface area contributed by atoms with Crippen LogP contribution in [0.5, 0.6) is 5.75 Å². The molecule has 0 saturated heterocycles. The van der Waals surface area contributed by atoms with Gasteiger partial charge < -0.3 is 20.3 Å². The second-order valence-electron chi connectivity index (χ2n) is 6.33. The fourth-order valence-corrected chi connectivity index (χ4v) is 2.41. The Morgan fingerprint density at radius 2 is 1.68 bits per heavy atom. The Bertz CT molecular complexity index is 872. The Morgan fingerprint density at radius 3 is 2.39 bits per heavy atom. The Kier molecular flexibility index (Phi) is 6.94. The largest absolute Gasteiger partial charge is 0.492 e. The monoisotopic (exact) mass is 399 g/mol. The summed E-state index contributed by atoms with van der Waals surface area (Å²) < 4.78 is 5.75. The van der Waals surface area contributed by atoms with Gasteiger partial charge in [0.15, 0.2) is 0 Å². The molecule has 146 valence electrons. The summed E-state index contributed by atoms with van der Waals surface area (Å²) in [5.74, 6) is 1.49. The minimum Gasteiger partial charge on any atom is -0.492 e. The maximum absolute atomic E-state index is 5.87. The van der Waals surface area contributed by atoms with E-state index in [0.29, 0.717) is 30.1 Å². The topological polar surface area (TPSA) is 88.1 Å². The number of hydrogen-bond acceptors (Lipinski definition) is 8. The van der Waals surface area contributed by atoms with Crippen LogP contribution in [0.3, 0.4) is 0 Å². The highest BCUT2D eigenvalue weighted by Gasteiger charge is 2.03. The SMILES string of the molecule is CN(C)CCOc1cccc(CNc2nnc(Nc3ccc(Cl)cc3)nn2)c1. The summed E-state index contributed by atoms with van der Waals surface area (Å²) in [6.45, 7) is 2.05. The first-order valence-corrected chi connectivity index (χ1v) is 9.16. The molecule has 0 aliphatic carbocycles. The normalized spacial score (nSPS) is 10.7. The Morgan fingerprint density at radius 1 is 0.964 bits per heavy atom. The molecule has 0 radical (unpaired) electrons. The third kappa shape index (κ3) is 6.33. The van der Waals surface area contributed by atoms with Gasteiger partial charge in [0.25, 0.3) is 11.9 Å². The van der Waals surface area contributed by atoms with E-state index in [-0.39, 0.29) is 0 Å². The van der Waals surface area contributed by atoms with Crippen LogP contribution in [0.25, 0.3) is 0 Å². The van der Waals surface area contributed by atoms with E-state index in [1.54, 1.807) is 12.1 Å². The van der Waals surface area contributed by atoms with E-state index in [1.165, 1.54) is 0 Å². The predicted molar refractivity (Wildman–Crippen MR) is 110 cm³/mol. The molecular weight excluding hydrogens is 378 g/mol. The molecule has 0 unspecified atom stereocenters. The second kappa shape index (κ2) is 9.82. The zero-order chi connectivity index (χ0) is 19.8. The van der Waals surface area contributed by atoms with Gasteiger partial charge in [-0.25, -0.2) is 0 Å². The molecule has 1 aromatic heterocycles. The Balaban J connectivity index is 1.51. The van der Waals surface area contributed by atoms with Crippen molar-refractivity contribution in [2.75, 3.05) is 37.9 Å². The van der Waals surface area contributed by atoms with Gasteiger partial charge in [-0.2, -0.15) is 0 Å². The van der Waals surface area contributed by atoms with E-state index in [9.17, 15) is 0 Å². The van der Waals surface area contributed by atoms with E-state index in [4.69, 9.17) is 16.3 Å². The third-order valence-electron chi connectivity index (χ3n) is 3.74. The van der Waals surface area contributed by atoms with Crippen LogP contribution in [-0.4, -0.2) is 52.5 Å². The second-order valence-corrected chi connectivity index (χ2v) is 6.77. The lowest BCUT2D eigenvalue weighted by molar-refractivity contribution is 0.261. The molecule has 0 bridgehead atoms. The maximum Gasteiger partial charge on any atom is 0.266 e. The quantitative estimate of drug-likeness (QED) is 0.567. The smallest absolute Gasteiger partial charge is 0.266 e. The fraction of sp³-hybridized carbons (Fsp3) is 0.263. The number of likely N-dealkylation sites (N-methyl/N-ethyl adjacent to an activating group) is 1. The number of nitrogens with one attached hydrogen (secondary N) is 2. The minimum absolute atomic E-state index is 0.309. The van der Waals surface area contributed by atoms with Crippen molar-refractivity contribution in [1.82, 2.24) is 25.3 Å². The van der Waals surface area contributed by atoms with Crippen LogP contribution >= 0.6 is 11.6 Å². The van der Waals surface area contributed by atoms with E-state index < -0.39 is 0 Å². The molecule has 0 spiro atoms. The van der Waals surface area contributed by atoms with Crippen LogP contribution in [0.2, 0.25) is 5.02 Å². The summed E-state index contributed by atoms with van der Waals surface area (Å²) in [7, 11) is 4.03. The van der Waals surface area contributed by atoms with E-state index in [0.717, 1.165) is 23.5 Å². The summed E-state index contributed by atoms with van der Waals surface area (Å²) in [4.78, 5) is 2.08. The molecule has 3 rings (SSSR count). The van der Waals surface area contributed by atoms with Crippen molar-refractivity contribution in [2.45, 2.75) is 6.54 Å². The number of hydrogen-bond donors (Lipinski definition) is 2. The predicted octanol–water partition coefficient (Wildman–Crippen LogP) is 3.22. The number of benzene rings is 2. The van der Waals surface area contributed by atoms with Crippen LogP contribution in [0, 0.1) is 0 Å². The first kappa shape index (κ1) is 19.8. The molecule has 0 amide bonds. The average Bonchev–Trinajstić information content (AvgIpc) is 2.69. The van der Waals surface area contributed by atoms with Crippen molar-refractivity contribution in [2.24, 2.45) is 0 Å². The van der Waals surface area contributed by atoms with Crippen molar-refractivity contribution >= 4 is 29.2 Å². The molecule has 0 aliphatic heterocycles. The molecule has 0 fully saturated rings. The molecule has 9 heteroatoms. The van der Waals surface area contributed by atoms with Gasteiger partial charge in [0.05, 0.1) is 0 Å². The molecular formula is C19H22ClN7O. The van der Waals surface area contributed by atoms with Crippen molar-refractivity contribution < 1.29 is 4.74 Å². The lowest BCUT2D eigenvalue weighted by Crippen LogP contribution is -2.19. The summed E-state index contributed by atoms with van der Waals surface area (Å²) in [6, 6.07) is 15.1. The van der Waals surface area contributed by atoms with Gasteiger partial charge in [-0.1, -0.05) is 23.7 Å². The number of ether oxygens (including phenoxy) is 1. The van der Waals surface area contributed by atoms with E-state index >= 15 is 0 Å². The Hall–Kier alpha value is -2.97. The number of halogens is 1. The van der Waals surface area contributed by atoms with Gasteiger partial charge in [-0.3, -0.25) is 0 Å². The van der Waals surface area contributed by atoms with Gasteiger partial charge in [-0.05, 0) is 56.1 Å². The lowest BCUT2D eigenvalue weighted by atomic mass is 10.2. The van der Waals surface area contributed by atoms with Crippen LogP contribution in [-0.2, 0) is 6.54 Å². The first-order valence-electron chi connectivity index (χ1n) is 8.79. The van der Waals surface area contributed by atoms with Crippen molar-refractivity contribution in [3.05, 3.63) is 59.1 Å². The first-order chi connectivity index (χ1) is 13.6. The van der Waals surface area contributed by atoms with Crippen LogP contribution in [0.15, 0.2) is 48.5 Å². The molecule has 8 nitrogen and oxygen atoms in total. The minimum atomic E-state index is 0.309. The number of nitrogens with zero attached hydrogens (tertiary/aromatic N) is 5. The van der Waals surface area contributed by atoms with Gasteiger partial charge in [-0.15, -0.1) is 20.4 Å². The number of aromatic nitrogens is 4. The van der Waals surface area contributed by atoms with Gasteiger partial charge in [0.1, 0.15) is 12.4 Å². The standard InChI is InChI=1S/C19H22ClN7O/c1-27(2)10-11-28-17-5-3-4-14(12-17)13-21-18-23-25-19(26-24-18)22-16-8-6-15(20)7-9-16/h3-9,12H,10-11,13H2,1-2H3,(H,21,23,24)(H,22,25,26). The summed E-state index contributed by atoms with van der Waals surface area (Å²) in [5.41, 5.74) is 1.86. The number of anilines is 3. The third-order valence-corrected chi connectivity index (χ3v) is 3.99. The molecule has 2 N–H and O–H groups in total. The molecule has 3 aromatic rings. The fourth-order valence-electron chi connectivity index (χ4n) is 2.28. The van der Waals surface area contributed by atoms with Crippen molar-refractivity contribution in [3.8, 4) is 5.75 Å². The van der Waals surface area contributed by atoms with Gasteiger partial charge in [0.2, 0.25) is 0 Å². The molecule has 2 aromatic carbocycles. The Labute approximate surface area is 168 Å². The molecule has 28 heavy (non-hydrogen) atoms. The summed E-state index contributed by atoms with van der Waals surface area (Å²) in [6.07, 6.45) is 0. The van der Waals surface area contributed by atoms with Crippen LogP contribution < -0.4 is 15.4 Å². The zero-order valence-electron chi connectivity index (χ0n) is 15.8. The van der Waals surface area contributed by atoms with Crippen molar-refractivity contribution in [3.63, 3.8) is 0 Å². The molecule has 1 heterocycles. The highest BCUT2D eigenvalue weighted by atomic mass is 35.5. The van der Waals surface area contributed by atoms with Crippen LogP contribution in [0.1, 0.15) is 5.56 Å². The van der Waals surface area contributed by atoms with E-state index in [2.05, 4.69) is 35.9 Å². The highest BCUT2D eigenvalue weighted by molar-refractivity contribution is 6.30. The van der Waals surface area contributed by atoms with E-state index in [1.807, 2.05) is 50.5 Å². The molecule has 0 atom stereocenters. The van der Waals surface area contributed by atoms with Gasteiger partial charge >= 0.3 is 0 Å². The zero-order valence-corrected chi connectivity index (χ0v) is 16.5. The summed E-state index contributed by atoms with van der Waals surface area (Å²) in [5, 5.41) is 22.9. The average molecular weight is 400 g/mol.